The number of amides is 1. The first-order valence-corrected chi connectivity index (χ1v) is 8.44. The van der Waals surface area contributed by atoms with E-state index in [0.717, 1.165) is 19.4 Å². The number of nitrogens with one attached hydrogen (secondary N) is 3. The summed E-state index contributed by atoms with van der Waals surface area (Å²) in [5, 5.41) is 8.90. The molecular formula is C17H24FN3O3. The third-order valence-electron chi connectivity index (χ3n) is 4.38. The molecular weight excluding hydrogens is 313 g/mol. The Bertz CT molecular complexity index is 578. The van der Waals surface area contributed by atoms with Gasteiger partial charge in [0, 0.05) is 25.4 Å². The van der Waals surface area contributed by atoms with Crippen molar-refractivity contribution in [1.82, 2.24) is 5.32 Å². The number of anilines is 2. The zero-order valence-corrected chi connectivity index (χ0v) is 13.8. The van der Waals surface area contributed by atoms with E-state index >= 15 is 0 Å². The van der Waals surface area contributed by atoms with Gasteiger partial charge in [-0.2, -0.15) is 0 Å². The van der Waals surface area contributed by atoms with Gasteiger partial charge in [0.2, 0.25) is 5.91 Å². The number of morpholine rings is 1. The fraction of sp³-hybridized carbons (Fsp3) is 0.588. The second-order valence-corrected chi connectivity index (χ2v) is 6.21. The van der Waals surface area contributed by atoms with Gasteiger partial charge in [-0.05, 0) is 38.0 Å². The number of carbonyl (C=O) groups excluding carboxylic acids is 1. The first-order chi connectivity index (χ1) is 11.6. The number of rotatable bonds is 5. The molecule has 2 heterocycles. The Labute approximate surface area is 141 Å². The Kier molecular flexibility index (Phi) is 5.65. The second-order valence-electron chi connectivity index (χ2n) is 6.21. The quantitative estimate of drug-likeness (QED) is 0.763. The van der Waals surface area contributed by atoms with E-state index in [1.165, 1.54) is 6.07 Å². The maximum absolute atomic E-state index is 14.2. The molecule has 3 rings (SSSR count). The average Bonchev–Trinajstić information content (AvgIpc) is 3.08. The predicted octanol–water partition coefficient (Wildman–Crippen LogP) is 1.73. The summed E-state index contributed by atoms with van der Waals surface area (Å²) in [6.45, 7) is 4.42. The van der Waals surface area contributed by atoms with E-state index < -0.39 is 11.9 Å². The van der Waals surface area contributed by atoms with E-state index in [-0.39, 0.29) is 18.1 Å². The lowest BCUT2D eigenvalue weighted by Crippen LogP contribution is -2.53. The molecule has 0 bridgehead atoms. The smallest absolute Gasteiger partial charge is 0.244 e. The molecule has 2 saturated heterocycles. The molecule has 0 aliphatic carbocycles. The van der Waals surface area contributed by atoms with Gasteiger partial charge in [0.05, 0.1) is 24.5 Å². The molecule has 7 heteroatoms. The van der Waals surface area contributed by atoms with Crippen LogP contribution in [0.2, 0.25) is 0 Å². The molecule has 3 N–H and O–H groups in total. The van der Waals surface area contributed by atoms with E-state index in [2.05, 4.69) is 16.0 Å². The predicted molar refractivity (Wildman–Crippen MR) is 89.7 cm³/mol. The van der Waals surface area contributed by atoms with Gasteiger partial charge in [0.15, 0.2) is 0 Å². The van der Waals surface area contributed by atoms with Gasteiger partial charge >= 0.3 is 0 Å². The summed E-state index contributed by atoms with van der Waals surface area (Å²) in [4.78, 5) is 12.3. The molecule has 1 amide bonds. The van der Waals surface area contributed by atoms with Crippen LogP contribution in [0.4, 0.5) is 15.8 Å². The van der Waals surface area contributed by atoms with Crippen LogP contribution in [0, 0.1) is 5.82 Å². The van der Waals surface area contributed by atoms with Gasteiger partial charge in [-0.3, -0.25) is 4.79 Å². The van der Waals surface area contributed by atoms with Crippen LogP contribution in [0.25, 0.3) is 0 Å². The van der Waals surface area contributed by atoms with E-state index in [1.54, 1.807) is 12.1 Å². The molecule has 3 atom stereocenters. The summed E-state index contributed by atoms with van der Waals surface area (Å²) in [5.74, 6) is -0.617. The summed E-state index contributed by atoms with van der Waals surface area (Å²) < 4.78 is 25.2. The third kappa shape index (κ3) is 4.23. The van der Waals surface area contributed by atoms with Crippen molar-refractivity contribution >= 4 is 17.3 Å². The van der Waals surface area contributed by atoms with Crippen molar-refractivity contribution in [3.8, 4) is 0 Å². The van der Waals surface area contributed by atoms with Crippen molar-refractivity contribution in [1.29, 1.82) is 0 Å². The van der Waals surface area contributed by atoms with E-state index in [4.69, 9.17) is 9.47 Å². The Morgan fingerprint density at radius 2 is 2.25 bits per heavy atom. The molecule has 1 aromatic rings. The Morgan fingerprint density at radius 3 is 2.96 bits per heavy atom. The standard InChI is InChI=1S/C17H24FN3O3/c1-11-16(19-6-8-23-11)17(22)21-12-4-5-15(14(18)9-12)20-10-13-3-2-7-24-13/h4-5,9,11,13,16,19-20H,2-3,6-8,10H2,1H3,(H,21,22)/t11-,13?,16+/m1/s1. The summed E-state index contributed by atoms with van der Waals surface area (Å²) in [6.07, 6.45) is 1.98. The van der Waals surface area contributed by atoms with Crippen LogP contribution in [-0.2, 0) is 14.3 Å². The van der Waals surface area contributed by atoms with Crippen LogP contribution < -0.4 is 16.0 Å². The van der Waals surface area contributed by atoms with Crippen LogP contribution in [0.1, 0.15) is 19.8 Å². The minimum absolute atomic E-state index is 0.141. The summed E-state index contributed by atoms with van der Waals surface area (Å²) in [6, 6.07) is 4.21. The number of hydrogen-bond acceptors (Lipinski definition) is 5. The van der Waals surface area contributed by atoms with Crippen LogP contribution >= 0.6 is 0 Å². The van der Waals surface area contributed by atoms with Crippen LogP contribution in [0.3, 0.4) is 0 Å². The van der Waals surface area contributed by atoms with E-state index in [0.29, 0.717) is 31.1 Å². The zero-order chi connectivity index (χ0) is 16.9. The summed E-state index contributed by atoms with van der Waals surface area (Å²) in [7, 11) is 0. The lowest BCUT2D eigenvalue weighted by atomic mass is 10.1. The largest absolute Gasteiger partial charge is 0.380 e. The van der Waals surface area contributed by atoms with Crippen molar-refractivity contribution in [3.63, 3.8) is 0 Å². The minimum Gasteiger partial charge on any atom is -0.380 e. The van der Waals surface area contributed by atoms with E-state index in [9.17, 15) is 9.18 Å². The monoisotopic (exact) mass is 337 g/mol. The highest BCUT2D eigenvalue weighted by atomic mass is 19.1. The summed E-state index contributed by atoms with van der Waals surface area (Å²) >= 11 is 0. The van der Waals surface area contributed by atoms with Crippen LogP contribution in [0.15, 0.2) is 18.2 Å². The van der Waals surface area contributed by atoms with Gasteiger partial charge in [-0.1, -0.05) is 0 Å². The second kappa shape index (κ2) is 7.92. The lowest BCUT2D eigenvalue weighted by Gasteiger charge is -2.29. The van der Waals surface area contributed by atoms with Crippen LogP contribution in [-0.4, -0.2) is 50.5 Å². The molecule has 2 aliphatic heterocycles. The van der Waals surface area contributed by atoms with Gasteiger partial charge < -0.3 is 25.4 Å². The molecule has 132 valence electrons. The summed E-state index contributed by atoms with van der Waals surface area (Å²) in [5.41, 5.74) is 0.843. The first-order valence-electron chi connectivity index (χ1n) is 8.44. The minimum atomic E-state index is -0.431. The number of hydrogen-bond donors (Lipinski definition) is 3. The average molecular weight is 337 g/mol. The molecule has 1 unspecified atom stereocenters. The van der Waals surface area contributed by atoms with Gasteiger partial charge in [-0.25, -0.2) is 4.39 Å². The fourth-order valence-electron chi connectivity index (χ4n) is 3.01. The molecule has 0 aromatic heterocycles. The molecule has 2 aliphatic rings. The van der Waals surface area contributed by atoms with Crippen molar-refractivity contribution in [2.24, 2.45) is 0 Å². The molecule has 1 aromatic carbocycles. The number of benzene rings is 1. The Morgan fingerprint density at radius 1 is 1.38 bits per heavy atom. The molecule has 0 radical (unpaired) electrons. The fourth-order valence-corrected chi connectivity index (χ4v) is 3.01. The van der Waals surface area contributed by atoms with Crippen molar-refractivity contribution in [3.05, 3.63) is 24.0 Å². The lowest BCUT2D eigenvalue weighted by molar-refractivity contribution is -0.123. The highest BCUT2D eigenvalue weighted by molar-refractivity contribution is 5.95. The highest BCUT2D eigenvalue weighted by Gasteiger charge is 2.28. The zero-order valence-electron chi connectivity index (χ0n) is 13.8. The molecule has 2 fully saturated rings. The molecule has 24 heavy (non-hydrogen) atoms. The number of carbonyl (C=O) groups is 1. The number of ether oxygens (including phenoxy) is 2. The van der Waals surface area contributed by atoms with Crippen molar-refractivity contribution in [2.45, 2.75) is 38.0 Å². The normalized spacial score (nSPS) is 27.0. The maximum atomic E-state index is 14.2. The van der Waals surface area contributed by atoms with E-state index in [1.807, 2.05) is 6.92 Å². The Balaban J connectivity index is 1.56. The van der Waals surface area contributed by atoms with Gasteiger partial charge in [-0.15, -0.1) is 0 Å². The van der Waals surface area contributed by atoms with Gasteiger partial charge in [0.1, 0.15) is 11.9 Å². The maximum Gasteiger partial charge on any atom is 0.244 e. The molecule has 6 nitrogen and oxygen atoms in total. The first kappa shape index (κ1) is 17.1. The Hall–Kier alpha value is -1.70. The van der Waals surface area contributed by atoms with Crippen molar-refractivity contribution < 1.29 is 18.7 Å². The van der Waals surface area contributed by atoms with Gasteiger partial charge in [0.25, 0.3) is 0 Å². The third-order valence-corrected chi connectivity index (χ3v) is 4.38. The van der Waals surface area contributed by atoms with Crippen LogP contribution in [0.5, 0.6) is 0 Å². The highest BCUT2D eigenvalue weighted by Crippen LogP contribution is 2.21. The molecule has 0 saturated carbocycles. The molecule has 0 spiro atoms. The number of halogens is 1. The van der Waals surface area contributed by atoms with Crippen molar-refractivity contribution in [2.75, 3.05) is 36.9 Å². The SMILES string of the molecule is C[C@H]1OCCN[C@@H]1C(=O)Nc1ccc(NCC2CCCO2)c(F)c1. The topological polar surface area (TPSA) is 71.6 Å².